The molecule has 1 amide bonds. The van der Waals surface area contributed by atoms with E-state index in [0.717, 1.165) is 22.9 Å². The number of hydrogen-bond donors (Lipinski definition) is 1. The Morgan fingerprint density at radius 1 is 0.967 bits per heavy atom. The predicted octanol–water partition coefficient (Wildman–Crippen LogP) is 4.60. The SMILES string of the molecule is CCc1ccccc1-c1ccc2nc(N)nc(C(=O)N3Cc4ccccc4C3)c2c1. The third-order valence-electron chi connectivity index (χ3n) is 5.75. The first kappa shape index (κ1) is 18.3. The zero-order valence-corrected chi connectivity index (χ0v) is 16.8. The van der Waals surface area contributed by atoms with Crippen LogP contribution >= 0.6 is 0 Å². The molecule has 2 N–H and O–H groups in total. The van der Waals surface area contributed by atoms with Crippen LogP contribution in [0.3, 0.4) is 0 Å². The van der Waals surface area contributed by atoms with Gasteiger partial charge in [-0.05, 0) is 46.4 Å². The summed E-state index contributed by atoms with van der Waals surface area (Å²) in [5.41, 5.74) is 12.8. The molecule has 1 aromatic heterocycles. The van der Waals surface area contributed by atoms with Crippen LogP contribution in [0, 0.1) is 0 Å². The van der Waals surface area contributed by atoms with Crippen molar-refractivity contribution in [3.05, 3.63) is 89.1 Å². The fourth-order valence-electron chi connectivity index (χ4n) is 4.21. The smallest absolute Gasteiger partial charge is 0.273 e. The largest absolute Gasteiger partial charge is 0.368 e. The number of rotatable bonds is 3. The fraction of sp³-hybridized carbons (Fsp3) is 0.160. The van der Waals surface area contributed by atoms with E-state index in [4.69, 9.17) is 5.73 Å². The number of nitrogens with two attached hydrogens (primary N) is 1. The number of carbonyl (C=O) groups excluding carboxylic acids is 1. The molecule has 5 heteroatoms. The first-order chi connectivity index (χ1) is 14.6. The number of aromatic nitrogens is 2. The minimum Gasteiger partial charge on any atom is -0.368 e. The quantitative estimate of drug-likeness (QED) is 0.551. The lowest BCUT2D eigenvalue weighted by molar-refractivity contribution is 0.0747. The highest BCUT2D eigenvalue weighted by Gasteiger charge is 2.27. The molecule has 5 nitrogen and oxygen atoms in total. The second kappa shape index (κ2) is 7.26. The van der Waals surface area contributed by atoms with Crippen molar-refractivity contribution in [3.63, 3.8) is 0 Å². The van der Waals surface area contributed by atoms with Crippen molar-refractivity contribution in [2.75, 3.05) is 5.73 Å². The Morgan fingerprint density at radius 3 is 2.40 bits per heavy atom. The monoisotopic (exact) mass is 394 g/mol. The van der Waals surface area contributed by atoms with Crippen molar-refractivity contribution < 1.29 is 4.79 Å². The van der Waals surface area contributed by atoms with Gasteiger partial charge in [0.1, 0.15) is 5.69 Å². The van der Waals surface area contributed by atoms with Gasteiger partial charge in [0.25, 0.3) is 5.91 Å². The summed E-state index contributed by atoms with van der Waals surface area (Å²) >= 11 is 0. The molecule has 1 aliphatic heterocycles. The zero-order chi connectivity index (χ0) is 20.7. The van der Waals surface area contributed by atoms with Crippen molar-refractivity contribution in [2.24, 2.45) is 0 Å². The van der Waals surface area contributed by atoms with E-state index < -0.39 is 0 Å². The van der Waals surface area contributed by atoms with Gasteiger partial charge in [0.05, 0.1) is 5.52 Å². The number of amides is 1. The maximum Gasteiger partial charge on any atom is 0.273 e. The lowest BCUT2D eigenvalue weighted by atomic mass is 9.96. The number of anilines is 1. The number of fused-ring (bicyclic) bond motifs is 2. The lowest BCUT2D eigenvalue weighted by Gasteiger charge is -2.17. The van der Waals surface area contributed by atoms with Gasteiger partial charge >= 0.3 is 0 Å². The average Bonchev–Trinajstić information content (AvgIpc) is 3.22. The summed E-state index contributed by atoms with van der Waals surface area (Å²) in [5.74, 6) is -0.00417. The molecule has 0 bridgehead atoms. The molecule has 0 fully saturated rings. The van der Waals surface area contributed by atoms with E-state index in [9.17, 15) is 4.79 Å². The van der Waals surface area contributed by atoms with Gasteiger partial charge < -0.3 is 10.6 Å². The molecule has 0 saturated heterocycles. The highest BCUT2D eigenvalue weighted by Crippen LogP contribution is 2.30. The van der Waals surface area contributed by atoms with Crippen LogP contribution in [0.5, 0.6) is 0 Å². The number of benzene rings is 3. The van der Waals surface area contributed by atoms with E-state index in [1.165, 1.54) is 16.7 Å². The Kier molecular flexibility index (Phi) is 4.43. The Hall–Kier alpha value is -3.73. The van der Waals surface area contributed by atoms with Crippen LogP contribution in [0.15, 0.2) is 66.7 Å². The van der Waals surface area contributed by atoms with Gasteiger partial charge in [0.15, 0.2) is 0 Å². The molecule has 3 aromatic carbocycles. The Bertz CT molecular complexity index is 1260. The molecule has 2 heterocycles. The molecular weight excluding hydrogens is 372 g/mol. The minimum absolute atomic E-state index is 0.115. The summed E-state index contributed by atoms with van der Waals surface area (Å²) in [6.07, 6.45) is 0.935. The number of hydrogen-bond acceptors (Lipinski definition) is 4. The molecular formula is C25H22N4O. The summed E-state index contributed by atoms with van der Waals surface area (Å²) in [4.78, 5) is 24.0. The van der Waals surface area contributed by atoms with Crippen molar-refractivity contribution in [1.82, 2.24) is 14.9 Å². The van der Waals surface area contributed by atoms with E-state index in [2.05, 4.69) is 41.2 Å². The molecule has 0 spiro atoms. The number of aryl methyl sites for hydroxylation is 1. The maximum atomic E-state index is 13.4. The molecule has 0 atom stereocenters. The molecule has 0 unspecified atom stereocenters. The predicted molar refractivity (Wildman–Crippen MR) is 119 cm³/mol. The van der Waals surface area contributed by atoms with E-state index in [0.29, 0.717) is 24.3 Å². The van der Waals surface area contributed by atoms with Gasteiger partial charge in [0.2, 0.25) is 5.95 Å². The van der Waals surface area contributed by atoms with Crippen molar-refractivity contribution in [2.45, 2.75) is 26.4 Å². The summed E-state index contributed by atoms with van der Waals surface area (Å²) < 4.78 is 0. The molecule has 0 aliphatic carbocycles. The Labute approximate surface area is 175 Å². The lowest BCUT2D eigenvalue weighted by Crippen LogP contribution is -2.27. The van der Waals surface area contributed by atoms with E-state index >= 15 is 0 Å². The van der Waals surface area contributed by atoms with Gasteiger partial charge in [-0.15, -0.1) is 0 Å². The van der Waals surface area contributed by atoms with Crippen molar-refractivity contribution >= 4 is 22.8 Å². The Morgan fingerprint density at radius 2 is 1.67 bits per heavy atom. The molecule has 0 radical (unpaired) electrons. The molecule has 5 rings (SSSR count). The van der Waals surface area contributed by atoms with Crippen LogP contribution in [-0.4, -0.2) is 20.8 Å². The van der Waals surface area contributed by atoms with Gasteiger partial charge in [-0.1, -0.05) is 61.5 Å². The highest BCUT2D eigenvalue weighted by atomic mass is 16.2. The van der Waals surface area contributed by atoms with Crippen LogP contribution < -0.4 is 5.73 Å². The third kappa shape index (κ3) is 3.08. The number of nitrogen functional groups attached to an aromatic ring is 1. The summed E-state index contributed by atoms with van der Waals surface area (Å²) in [7, 11) is 0. The standard InChI is InChI=1S/C25H22N4O/c1-2-16-7-5-6-10-20(16)17-11-12-22-21(13-17)23(28-25(26)27-22)24(30)29-14-18-8-3-4-9-19(18)15-29/h3-13H,2,14-15H2,1H3,(H2,26,27,28). The van der Waals surface area contributed by atoms with Crippen molar-refractivity contribution in [1.29, 1.82) is 0 Å². The van der Waals surface area contributed by atoms with Gasteiger partial charge in [-0.3, -0.25) is 4.79 Å². The third-order valence-corrected chi connectivity index (χ3v) is 5.75. The molecule has 4 aromatic rings. The minimum atomic E-state index is -0.119. The maximum absolute atomic E-state index is 13.4. The van der Waals surface area contributed by atoms with E-state index in [1.54, 1.807) is 0 Å². The molecule has 148 valence electrons. The molecule has 1 aliphatic rings. The van der Waals surface area contributed by atoms with E-state index in [1.807, 2.05) is 47.4 Å². The number of carbonyl (C=O) groups is 1. The summed E-state index contributed by atoms with van der Waals surface area (Å²) in [6, 6.07) is 22.4. The molecule has 0 saturated carbocycles. The fourth-order valence-corrected chi connectivity index (χ4v) is 4.21. The van der Waals surface area contributed by atoms with Gasteiger partial charge in [-0.2, -0.15) is 0 Å². The van der Waals surface area contributed by atoms with Gasteiger partial charge in [-0.25, -0.2) is 9.97 Å². The summed E-state index contributed by atoms with van der Waals surface area (Å²) in [6.45, 7) is 3.31. The topological polar surface area (TPSA) is 72.1 Å². The van der Waals surface area contributed by atoms with Gasteiger partial charge in [0, 0.05) is 18.5 Å². The van der Waals surface area contributed by atoms with Crippen molar-refractivity contribution in [3.8, 4) is 11.1 Å². The van der Waals surface area contributed by atoms with E-state index in [-0.39, 0.29) is 11.9 Å². The zero-order valence-electron chi connectivity index (χ0n) is 16.8. The Balaban J connectivity index is 1.60. The first-order valence-corrected chi connectivity index (χ1v) is 10.2. The highest BCUT2D eigenvalue weighted by molar-refractivity contribution is 6.05. The first-order valence-electron chi connectivity index (χ1n) is 10.2. The van der Waals surface area contributed by atoms with Crippen LogP contribution in [0.4, 0.5) is 5.95 Å². The summed E-state index contributed by atoms with van der Waals surface area (Å²) in [5, 5.41) is 0.730. The average molecular weight is 394 g/mol. The van der Waals surface area contributed by atoms with Crippen LogP contribution in [-0.2, 0) is 19.5 Å². The van der Waals surface area contributed by atoms with Crippen LogP contribution in [0.25, 0.3) is 22.0 Å². The normalized spacial score (nSPS) is 12.9. The van der Waals surface area contributed by atoms with Crippen LogP contribution in [0.2, 0.25) is 0 Å². The second-order valence-corrected chi connectivity index (χ2v) is 7.60. The second-order valence-electron chi connectivity index (χ2n) is 7.60. The van der Waals surface area contributed by atoms with Crippen LogP contribution in [0.1, 0.15) is 34.1 Å². The number of nitrogens with zero attached hydrogens (tertiary/aromatic N) is 3. The molecule has 30 heavy (non-hydrogen) atoms.